The lowest BCUT2D eigenvalue weighted by Gasteiger charge is -2.07. The molecule has 1 atom stereocenters. The molecule has 136 valence electrons. The Morgan fingerprint density at radius 2 is 1.35 bits per heavy atom. The normalized spacial score (nSPS) is 12.7. The molecule has 0 aromatic heterocycles. The van der Waals surface area contributed by atoms with E-state index >= 15 is 0 Å². The number of ether oxygens (including phenoxy) is 1. The summed E-state index contributed by atoms with van der Waals surface area (Å²) in [4.78, 5) is 11.0. The highest BCUT2D eigenvalue weighted by Gasteiger charge is 2.13. The van der Waals surface area contributed by atoms with Gasteiger partial charge in [-0.15, -0.1) is 0 Å². The van der Waals surface area contributed by atoms with Gasteiger partial charge in [0.05, 0.1) is 7.11 Å². The van der Waals surface area contributed by atoms with E-state index in [0.717, 1.165) is 38.5 Å². The maximum Gasteiger partial charge on any atom is 0.334 e. The lowest BCUT2D eigenvalue weighted by Crippen LogP contribution is -2.21. The Morgan fingerprint density at radius 3 is 1.87 bits per heavy atom. The molecule has 0 aliphatic carbocycles. The fraction of sp³-hybridized carbons (Fsp3) is 0.842. The van der Waals surface area contributed by atoms with Crippen molar-refractivity contribution in [3.8, 4) is 0 Å². The van der Waals surface area contributed by atoms with Gasteiger partial charge in [0.25, 0.3) is 0 Å². The molecular formula is C19H36O4. The van der Waals surface area contributed by atoms with Crippen LogP contribution in [0.5, 0.6) is 0 Å². The molecule has 0 radical (unpaired) electrons. The van der Waals surface area contributed by atoms with Gasteiger partial charge in [0.15, 0.2) is 6.10 Å². The van der Waals surface area contributed by atoms with E-state index in [1.807, 2.05) is 0 Å². The molecule has 0 spiro atoms. The van der Waals surface area contributed by atoms with Crippen LogP contribution in [0.3, 0.4) is 0 Å². The number of carbonyl (C=O) groups is 1. The van der Waals surface area contributed by atoms with Gasteiger partial charge in [-0.3, -0.25) is 0 Å². The molecule has 0 aromatic rings. The third kappa shape index (κ3) is 15.8. The molecule has 1 unspecified atom stereocenters. The summed E-state index contributed by atoms with van der Waals surface area (Å²) < 4.78 is 4.48. The van der Waals surface area contributed by atoms with Crippen molar-refractivity contribution >= 4 is 5.97 Å². The molecule has 23 heavy (non-hydrogen) atoms. The average Bonchev–Trinajstić information content (AvgIpc) is 2.57. The Balaban J connectivity index is 3.21. The van der Waals surface area contributed by atoms with Crippen LogP contribution in [0.4, 0.5) is 0 Å². The molecule has 0 saturated carbocycles. The largest absolute Gasteiger partial charge is 0.467 e. The molecule has 2 N–H and O–H groups in total. The molecule has 0 bridgehead atoms. The van der Waals surface area contributed by atoms with Crippen molar-refractivity contribution < 1.29 is 19.7 Å². The number of esters is 1. The number of hydrogen-bond acceptors (Lipinski definition) is 4. The zero-order valence-corrected chi connectivity index (χ0v) is 14.8. The molecule has 0 saturated heterocycles. The fourth-order valence-electron chi connectivity index (χ4n) is 2.52. The summed E-state index contributed by atoms with van der Waals surface area (Å²) in [5.74, 6) is -0.527. The third-order valence-corrected chi connectivity index (χ3v) is 4.02. The van der Waals surface area contributed by atoms with Crippen LogP contribution in [-0.2, 0) is 9.53 Å². The zero-order chi connectivity index (χ0) is 17.2. The predicted octanol–water partition coefficient (Wildman–Crippen LogP) is 4.14. The van der Waals surface area contributed by atoms with E-state index in [0.29, 0.717) is 13.0 Å². The van der Waals surface area contributed by atoms with E-state index in [1.54, 1.807) is 0 Å². The molecule has 0 aromatic carbocycles. The number of aliphatic hydroxyl groups is 2. The first-order valence-electron chi connectivity index (χ1n) is 9.24. The smallest absolute Gasteiger partial charge is 0.334 e. The van der Waals surface area contributed by atoms with Gasteiger partial charge in [-0.1, -0.05) is 57.1 Å². The second-order valence-corrected chi connectivity index (χ2v) is 6.14. The van der Waals surface area contributed by atoms with Crippen molar-refractivity contribution in [2.75, 3.05) is 13.7 Å². The van der Waals surface area contributed by atoms with Crippen LogP contribution in [0, 0.1) is 0 Å². The SMILES string of the molecule is COC(=O)C(O)CCCCCCC=CCCCCCCCCO. The minimum atomic E-state index is -0.955. The van der Waals surface area contributed by atoms with E-state index in [1.165, 1.54) is 45.6 Å². The number of unbranched alkanes of at least 4 members (excludes halogenated alkanes) is 10. The maximum absolute atomic E-state index is 11.0. The van der Waals surface area contributed by atoms with E-state index in [-0.39, 0.29) is 0 Å². The number of rotatable bonds is 16. The van der Waals surface area contributed by atoms with Gasteiger partial charge in [0, 0.05) is 6.61 Å². The third-order valence-electron chi connectivity index (χ3n) is 4.02. The van der Waals surface area contributed by atoms with Crippen LogP contribution in [-0.4, -0.2) is 36.0 Å². The van der Waals surface area contributed by atoms with Crippen LogP contribution in [0.1, 0.15) is 83.5 Å². The van der Waals surface area contributed by atoms with Crippen molar-refractivity contribution in [3.05, 3.63) is 12.2 Å². The Bertz CT molecular complexity index is 289. The molecule has 4 nitrogen and oxygen atoms in total. The summed E-state index contributed by atoms with van der Waals surface area (Å²) in [5, 5.41) is 18.1. The quantitative estimate of drug-likeness (QED) is 0.254. The Kier molecular flexibility index (Phi) is 16.8. The lowest BCUT2D eigenvalue weighted by molar-refractivity contribution is -0.150. The zero-order valence-electron chi connectivity index (χ0n) is 14.8. The van der Waals surface area contributed by atoms with E-state index < -0.39 is 12.1 Å². The summed E-state index contributed by atoms with van der Waals surface area (Å²) in [6, 6.07) is 0. The average molecular weight is 328 g/mol. The van der Waals surface area contributed by atoms with Crippen molar-refractivity contribution in [2.24, 2.45) is 0 Å². The molecule has 0 fully saturated rings. The minimum Gasteiger partial charge on any atom is -0.467 e. The number of aliphatic hydroxyl groups excluding tert-OH is 2. The molecular weight excluding hydrogens is 292 g/mol. The Labute approximate surface area is 141 Å². The first-order chi connectivity index (χ1) is 11.2. The first-order valence-corrected chi connectivity index (χ1v) is 9.24. The van der Waals surface area contributed by atoms with E-state index in [4.69, 9.17) is 5.11 Å². The molecule has 0 aliphatic rings. The second-order valence-electron chi connectivity index (χ2n) is 6.14. The fourth-order valence-corrected chi connectivity index (χ4v) is 2.52. The minimum absolute atomic E-state index is 0.328. The topological polar surface area (TPSA) is 66.8 Å². The maximum atomic E-state index is 11.0. The standard InChI is InChI=1S/C19H36O4/c1-23-19(22)18(21)16-14-12-10-8-6-4-2-3-5-7-9-11-13-15-17-20/h2,4,18,20-21H,3,5-17H2,1H3. The predicted molar refractivity (Wildman–Crippen MR) is 94.3 cm³/mol. The van der Waals surface area contributed by atoms with Crippen molar-refractivity contribution in [1.82, 2.24) is 0 Å². The van der Waals surface area contributed by atoms with Gasteiger partial charge in [0.2, 0.25) is 0 Å². The summed E-state index contributed by atoms with van der Waals surface area (Å²) >= 11 is 0. The van der Waals surface area contributed by atoms with Crippen LogP contribution < -0.4 is 0 Å². The van der Waals surface area contributed by atoms with Gasteiger partial charge in [-0.05, 0) is 38.5 Å². The molecule has 0 heterocycles. The summed E-state index contributed by atoms with van der Waals surface area (Å²) in [6.45, 7) is 0.328. The van der Waals surface area contributed by atoms with Crippen LogP contribution in [0.2, 0.25) is 0 Å². The number of hydrogen-bond donors (Lipinski definition) is 2. The highest BCUT2D eigenvalue weighted by Crippen LogP contribution is 2.10. The monoisotopic (exact) mass is 328 g/mol. The van der Waals surface area contributed by atoms with Gasteiger partial charge in [-0.2, -0.15) is 0 Å². The van der Waals surface area contributed by atoms with Crippen LogP contribution in [0.25, 0.3) is 0 Å². The van der Waals surface area contributed by atoms with Gasteiger partial charge in [-0.25, -0.2) is 4.79 Å². The lowest BCUT2D eigenvalue weighted by atomic mass is 10.1. The summed E-state index contributed by atoms with van der Waals surface area (Å²) in [6.07, 6.45) is 17.8. The van der Waals surface area contributed by atoms with Crippen LogP contribution in [0.15, 0.2) is 12.2 Å². The van der Waals surface area contributed by atoms with Gasteiger partial charge in [0.1, 0.15) is 0 Å². The molecule has 0 aliphatic heterocycles. The van der Waals surface area contributed by atoms with Crippen molar-refractivity contribution in [3.63, 3.8) is 0 Å². The van der Waals surface area contributed by atoms with Crippen LogP contribution >= 0.6 is 0 Å². The van der Waals surface area contributed by atoms with Gasteiger partial charge >= 0.3 is 5.97 Å². The summed E-state index contributed by atoms with van der Waals surface area (Å²) in [7, 11) is 1.30. The number of methoxy groups -OCH3 is 1. The number of allylic oxidation sites excluding steroid dienone is 2. The Hall–Kier alpha value is -0.870. The van der Waals surface area contributed by atoms with Crippen molar-refractivity contribution in [2.45, 2.75) is 89.6 Å². The molecule has 0 amide bonds. The van der Waals surface area contributed by atoms with E-state index in [9.17, 15) is 9.90 Å². The molecule has 4 heteroatoms. The van der Waals surface area contributed by atoms with Crippen molar-refractivity contribution in [1.29, 1.82) is 0 Å². The summed E-state index contributed by atoms with van der Waals surface area (Å²) in [5.41, 5.74) is 0. The first kappa shape index (κ1) is 22.1. The van der Waals surface area contributed by atoms with Gasteiger partial charge < -0.3 is 14.9 Å². The number of carbonyl (C=O) groups excluding carboxylic acids is 1. The van der Waals surface area contributed by atoms with E-state index in [2.05, 4.69) is 16.9 Å². The Morgan fingerprint density at radius 1 is 0.870 bits per heavy atom. The highest BCUT2D eigenvalue weighted by molar-refractivity contribution is 5.74. The highest BCUT2D eigenvalue weighted by atomic mass is 16.5. The second kappa shape index (κ2) is 17.5. The molecule has 0 rings (SSSR count).